The van der Waals surface area contributed by atoms with Crippen LogP contribution in [0.3, 0.4) is 0 Å². The van der Waals surface area contributed by atoms with Crippen LogP contribution in [-0.2, 0) is 25.7 Å². The number of methoxy groups -OCH3 is 1. The summed E-state index contributed by atoms with van der Waals surface area (Å²) in [7, 11) is 1.39. The van der Waals surface area contributed by atoms with Crippen molar-refractivity contribution in [3.05, 3.63) is 59.7 Å². The van der Waals surface area contributed by atoms with Crippen molar-refractivity contribution in [2.45, 2.75) is 58.2 Å². The average molecular weight is 358 g/mol. The third kappa shape index (κ3) is 6.43. The molecule has 1 fully saturated rings. The Labute approximate surface area is 156 Å². The summed E-state index contributed by atoms with van der Waals surface area (Å²) in [6.45, 7) is 6.25. The molecule has 0 spiro atoms. The number of hydrogen-bond donors (Lipinski definition) is 0. The lowest BCUT2D eigenvalue weighted by Crippen LogP contribution is -2.43. The van der Waals surface area contributed by atoms with Crippen LogP contribution in [0.25, 0.3) is 0 Å². The minimum atomic E-state index is -0.375. The first kappa shape index (κ1) is 20.4. The molecule has 0 radical (unpaired) electrons. The fraction of sp³-hybridized carbons (Fsp3) is 0.500. The fourth-order valence-corrected chi connectivity index (χ4v) is 3.40. The molecule has 0 aliphatic carbocycles. The fourth-order valence-electron chi connectivity index (χ4n) is 3.40. The van der Waals surface area contributed by atoms with Crippen molar-refractivity contribution in [2.75, 3.05) is 7.11 Å². The quantitative estimate of drug-likeness (QED) is 0.399. The van der Waals surface area contributed by atoms with Crippen molar-refractivity contribution in [3.8, 4) is 0 Å². The minimum Gasteiger partial charge on any atom is -0.469 e. The Morgan fingerprint density at radius 1 is 1.35 bits per heavy atom. The van der Waals surface area contributed by atoms with Gasteiger partial charge in [0.25, 0.3) is 0 Å². The first-order chi connectivity index (χ1) is 12.4. The van der Waals surface area contributed by atoms with Crippen LogP contribution < -0.4 is 0 Å². The van der Waals surface area contributed by atoms with E-state index in [0.29, 0.717) is 0 Å². The second-order valence-corrected chi connectivity index (χ2v) is 7.44. The second-order valence-electron chi connectivity index (χ2n) is 7.44. The lowest BCUT2D eigenvalue weighted by Gasteiger charge is -2.40. The number of esters is 1. The molecule has 0 unspecified atom stereocenters. The zero-order valence-corrected chi connectivity index (χ0v) is 16.2. The van der Waals surface area contributed by atoms with Crippen LogP contribution in [0.2, 0.25) is 0 Å². The van der Waals surface area contributed by atoms with Crippen LogP contribution >= 0.6 is 0 Å². The highest BCUT2D eigenvalue weighted by Crippen LogP contribution is 2.36. The smallest absolute Gasteiger partial charge is 0.308 e. The SMILES string of the molecule is COC(=O)C[C@@H]1OO[C@@](C)(C/C(C)=C/C=C/Cc2ccccc2)C[C@H]1C. The molecule has 142 valence electrons. The molecule has 3 atom stereocenters. The van der Waals surface area contributed by atoms with Crippen molar-refractivity contribution in [1.82, 2.24) is 0 Å². The summed E-state index contributed by atoms with van der Waals surface area (Å²) in [4.78, 5) is 22.6. The number of rotatable bonds is 7. The predicted molar refractivity (Wildman–Crippen MR) is 102 cm³/mol. The molecule has 0 aromatic heterocycles. The van der Waals surface area contributed by atoms with E-state index < -0.39 is 0 Å². The minimum absolute atomic E-state index is 0.227. The highest BCUT2D eigenvalue weighted by Gasteiger charge is 2.39. The molecule has 26 heavy (non-hydrogen) atoms. The van der Waals surface area contributed by atoms with Gasteiger partial charge in [-0.2, -0.15) is 0 Å². The van der Waals surface area contributed by atoms with E-state index in [0.717, 1.165) is 19.3 Å². The number of allylic oxidation sites excluding steroid dienone is 3. The molecule has 4 heteroatoms. The molecule has 1 aliphatic heterocycles. The van der Waals surface area contributed by atoms with Gasteiger partial charge in [-0.15, -0.1) is 0 Å². The Morgan fingerprint density at radius 3 is 2.73 bits per heavy atom. The first-order valence-corrected chi connectivity index (χ1v) is 9.19. The zero-order chi connectivity index (χ0) is 19.0. The van der Waals surface area contributed by atoms with E-state index in [-0.39, 0.29) is 30.0 Å². The van der Waals surface area contributed by atoms with Gasteiger partial charge in [-0.1, -0.05) is 61.1 Å². The van der Waals surface area contributed by atoms with Crippen LogP contribution in [0, 0.1) is 5.92 Å². The molecular weight excluding hydrogens is 328 g/mol. The Hall–Kier alpha value is -1.91. The normalized spacial score (nSPS) is 26.8. The standard InChI is InChI=1S/C22H30O4/c1-17(10-8-9-13-19-11-6-5-7-12-19)15-22(3)16-18(2)20(25-26-22)14-21(23)24-4/h5-12,18,20H,13-16H2,1-4H3/b9-8+,17-10+/t18-,20+,22+/m1/s1. The Balaban J connectivity index is 1.84. The molecule has 0 N–H and O–H groups in total. The van der Waals surface area contributed by atoms with Gasteiger partial charge in [0, 0.05) is 6.42 Å². The van der Waals surface area contributed by atoms with Gasteiger partial charge in [0.2, 0.25) is 0 Å². The van der Waals surface area contributed by atoms with Crippen LogP contribution in [0.5, 0.6) is 0 Å². The van der Waals surface area contributed by atoms with Crippen molar-refractivity contribution >= 4 is 5.97 Å². The molecule has 2 rings (SSSR count). The molecule has 0 amide bonds. The highest BCUT2D eigenvalue weighted by molar-refractivity contribution is 5.69. The van der Waals surface area contributed by atoms with E-state index in [9.17, 15) is 4.79 Å². The third-order valence-corrected chi connectivity index (χ3v) is 4.72. The summed E-state index contributed by atoms with van der Waals surface area (Å²) in [5, 5.41) is 0. The molecule has 1 saturated heterocycles. The van der Waals surface area contributed by atoms with Gasteiger partial charge in [0.15, 0.2) is 0 Å². The van der Waals surface area contributed by atoms with Gasteiger partial charge in [-0.25, -0.2) is 9.78 Å². The van der Waals surface area contributed by atoms with E-state index in [4.69, 9.17) is 14.5 Å². The molecule has 4 nitrogen and oxygen atoms in total. The summed E-state index contributed by atoms with van der Waals surface area (Å²) in [5.74, 6) is -0.0389. The number of carbonyl (C=O) groups excluding carboxylic acids is 1. The van der Waals surface area contributed by atoms with Crippen LogP contribution in [0.1, 0.15) is 45.6 Å². The van der Waals surface area contributed by atoms with E-state index in [1.54, 1.807) is 0 Å². The lowest BCUT2D eigenvalue weighted by atomic mass is 9.83. The number of benzene rings is 1. The van der Waals surface area contributed by atoms with Crippen molar-refractivity contribution in [2.24, 2.45) is 5.92 Å². The van der Waals surface area contributed by atoms with Gasteiger partial charge in [-0.3, -0.25) is 4.79 Å². The number of ether oxygens (including phenoxy) is 1. The summed E-state index contributed by atoms with van der Waals surface area (Å²) in [6, 6.07) is 10.4. The summed E-state index contributed by atoms with van der Waals surface area (Å²) >= 11 is 0. The van der Waals surface area contributed by atoms with Gasteiger partial charge in [0.05, 0.1) is 13.5 Å². The molecule has 1 aliphatic rings. The van der Waals surface area contributed by atoms with Gasteiger partial charge in [-0.05, 0) is 38.2 Å². The summed E-state index contributed by atoms with van der Waals surface area (Å²) in [6.07, 6.45) is 8.92. The maximum absolute atomic E-state index is 11.4. The zero-order valence-electron chi connectivity index (χ0n) is 16.2. The van der Waals surface area contributed by atoms with Gasteiger partial charge in [0.1, 0.15) is 11.7 Å². The molecule has 1 heterocycles. The number of hydrogen-bond acceptors (Lipinski definition) is 4. The number of carbonyl (C=O) groups is 1. The van der Waals surface area contributed by atoms with Crippen LogP contribution in [0.4, 0.5) is 0 Å². The summed E-state index contributed by atoms with van der Waals surface area (Å²) < 4.78 is 4.71. The molecular formula is C22H30O4. The maximum Gasteiger partial charge on any atom is 0.308 e. The highest BCUT2D eigenvalue weighted by atomic mass is 17.2. The first-order valence-electron chi connectivity index (χ1n) is 9.19. The Bertz CT molecular complexity index is 635. The monoisotopic (exact) mass is 358 g/mol. The van der Waals surface area contributed by atoms with Crippen molar-refractivity contribution in [1.29, 1.82) is 0 Å². The topological polar surface area (TPSA) is 44.8 Å². The second kappa shape index (κ2) is 9.70. The van der Waals surface area contributed by atoms with Crippen molar-refractivity contribution in [3.63, 3.8) is 0 Å². The lowest BCUT2D eigenvalue weighted by molar-refractivity contribution is -0.415. The van der Waals surface area contributed by atoms with E-state index in [2.05, 4.69) is 63.3 Å². The molecule has 0 bridgehead atoms. The molecule has 1 aromatic carbocycles. The Kier molecular flexibility index (Phi) is 7.61. The van der Waals surface area contributed by atoms with E-state index in [1.807, 2.05) is 6.07 Å². The van der Waals surface area contributed by atoms with E-state index in [1.165, 1.54) is 18.2 Å². The van der Waals surface area contributed by atoms with Crippen LogP contribution in [0.15, 0.2) is 54.1 Å². The van der Waals surface area contributed by atoms with Crippen LogP contribution in [-0.4, -0.2) is 24.8 Å². The molecule has 1 aromatic rings. The third-order valence-electron chi connectivity index (χ3n) is 4.72. The summed E-state index contributed by atoms with van der Waals surface area (Å²) in [5.41, 5.74) is 2.16. The van der Waals surface area contributed by atoms with E-state index >= 15 is 0 Å². The van der Waals surface area contributed by atoms with Crippen molar-refractivity contribution < 1.29 is 19.3 Å². The largest absolute Gasteiger partial charge is 0.469 e. The predicted octanol–water partition coefficient (Wildman–Crippen LogP) is 4.80. The molecule has 0 saturated carbocycles. The van der Waals surface area contributed by atoms with Gasteiger partial charge >= 0.3 is 5.97 Å². The average Bonchev–Trinajstić information content (AvgIpc) is 2.62. The maximum atomic E-state index is 11.4. The van der Waals surface area contributed by atoms with Gasteiger partial charge < -0.3 is 4.74 Å². The Morgan fingerprint density at radius 2 is 2.08 bits per heavy atom.